The Balaban J connectivity index is 1.62. The lowest BCUT2D eigenvalue weighted by molar-refractivity contribution is -0.140. The van der Waals surface area contributed by atoms with Crippen LogP contribution in [0.2, 0.25) is 0 Å². The first-order valence-electron chi connectivity index (χ1n) is 11.7. The van der Waals surface area contributed by atoms with Gasteiger partial charge in [-0.25, -0.2) is 4.39 Å². The van der Waals surface area contributed by atoms with Gasteiger partial charge in [0, 0.05) is 25.8 Å². The predicted molar refractivity (Wildman–Crippen MR) is 134 cm³/mol. The lowest BCUT2D eigenvalue weighted by atomic mass is 9.95. The second kappa shape index (κ2) is 11.2. The predicted octanol–water partition coefficient (Wildman–Crippen LogP) is 5.17. The SMILES string of the molecule is COCCCN1C(=O)C(=O)/C(=C(\O)c2ccc(OCc3cccc(C)c3)cc2)C1c1ccc(F)cc1. The maximum Gasteiger partial charge on any atom is 0.295 e. The number of rotatable bonds is 9. The van der Waals surface area contributed by atoms with Gasteiger partial charge in [-0.1, -0.05) is 42.0 Å². The fraction of sp³-hybridized carbons (Fsp3) is 0.241. The Kier molecular flexibility index (Phi) is 7.80. The number of likely N-dealkylation sites (tertiary alicyclic amines) is 1. The second-order valence-electron chi connectivity index (χ2n) is 8.69. The zero-order valence-electron chi connectivity index (χ0n) is 20.2. The van der Waals surface area contributed by atoms with Gasteiger partial charge in [0.15, 0.2) is 0 Å². The van der Waals surface area contributed by atoms with E-state index in [4.69, 9.17) is 9.47 Å². The maximum absolute atomic E-state index is 13.6. The molecule has 1 unspecified atom stereocenters. The summed E-state index contributed by atoms with van der Waals surface area (Å²) in [6.45, 7) is 3.07. The molecule has 1 heterocycles. The number of nitrogens with zero attached hydrogens (tertiary/aromatic N) is 1. The summed E-state index contributed by atoms with van der Waals surface area (Å²) in [6.07, 6.45) is 0.508. The van der Waals surface area contributed by atoms with Gasteiger partial charge in [0.2, 0.25) is 0 Å². The van der Waals surface area contributed by atoms with Gasteiger partial charge in [-0.05, 0) is 60.9 Å². The number of aliphatic hydroxyl groups is 1. The van der Waals surface area contributed by atoms with Crippen LogP contribution in [0, 0.1) is 12.7 Å². The molecule has 1 aliphatic rings. The monoisotopic (exact) mass is 489 g/mol. The molecule has 4 rings (SSSR count). The number of aliphatic hydroxyl groups excluding tert-OH is 1. The average molecular weight is 490 g/mol. The summed E-state index contributed by atoms with van der Waals surface area (Å²) < 4.78 is 24.5. The summed E-state index contributed by atoms with van der Waals surface area (Å²) in [5.74, 6) is -1.61. The van der Waals surface area contributed by atoms with Crippen molar-refractivity contribution in [3.8, 4) is 5.75 Å². The molecule has 3 aromatic rings. The van der Waals surface area contributed by atoms with Crippen LogP contribution >= 0.6 is 0 Å². The number of ether oxygens (including phenoxy) is 2. The number of Topliss-reactive ketones (excluding diaryl/α,β-unsaturated/α-hetero) is 1. The van der Waals surface area contributed by atoms with Crippen LogP contribution in [0.25, 0.3) is 5.76 Å². The largest absolute Gasteiger partial charge is 0.507 e. The van der Waals surface area contributed by atoms with E-state index < -0.39 is 23.5 Å². The Labute approximate surface area is 209 Å². The Morgan fingerprint density at radius 2 is 1.75 bits per heavy atom. The van der Waals surface area contributed by atoms with E-state index in [2.05, 4.69) is 0 Å². The summed E-state index contributed by atoms with van der Waals surface area (Å²) >= 11 is 0. The third-order valence-electron chi connectivity index (χ3n) is 6.09. The summed E-state index contributed by atoms with van der Waals surface area (Å²) in [6, 6.07) is 19.4. The molecule has 0 radical (unpaired) electrons. The lowest BCUT2D eigenvalue weighted by Gasteiger charge is -2.25. The third kappa shape index (κ3) is 5.47. The van der Waals surface area contributed by atoms with E-state index in [9.17, 15) is 19.1 Å². The van der Waals surface area contributed by atoms with Crippen molar-refractivity contribution in [2.75, 3.05) is 20.3 Å². The third-order valence-corrected chi connectivity index (χ3v) is 6.09. The smallest absolute Gasteiger partial charge is 0.295 e. The van der Waals surface area contributed by atoms with E-state index in [0.717, 1.165) is 11.1 Å². The van der Waals surface area contributed by atoms with Crippen LogP contribution in [-0.4, -0.2) is 42.0 Å². The van der Waals surface area contributed by atoms with Crippen molar-refractivity contribution in [1.82, 2.24) is 4.90 Å². The van der Waals surface area contributed by atoms with Crippen LogP contribution in [0.5, 0.6) is 5.75 Å². The van der Waals surface area contributed by atoms with Crippen LogP contribution < -0.4 is 4.74 Å². The summed E-state index contributed by atoms with van der Waals surface area (Å²) in [4.78, 5) is 27.3. The average Bonchev–Trinajstić information content (AvgIpc) is 3.13. The minimum Gasteiger partial charge on any atom is -0.507 e. The number of halogens is 1. The van der Waals surface area contributed by atoms with Gasteiger partial charge in [0.05, 0.1) is 11.6 Å². The summed E-state index contributed by atoms with van der Waals surface area (Å²) in [5, 5.41) is 11.2. The molecular formula is C29H28FNO5. The van der Waals surface area contributed by atoms with Crippen LogP contribution in [0.3, 0.4) is 0 Å². The minimum atomic E-state index is -0.834. The van der Waals surface area contributed by atoms with Crippen molar-refractivity contribution in [2.45, 2.75) is 26.0 Å². The zero-order valence-corrected chi connectivity index (χ0v) is 20.2. The number of amides is 1. The first-order valence-corrected chi connectivity index (χ1v) is 11.7. The van der Waals surface area contributed by atoms with E-state index in [1.165, 1.54) is 29.2 Å². The Morgan fingerprint density at radius 1 is 1.03 bits per heavy atom. The van der Waals surface area contributed by atoms with Gasteiger partial charge in [0.25, 0.3) is 11.7 Å². The highest BCUT2D eigenvalue weighted by Crippen LogP contribution is 2.39. The fourth-order valence-corrected chi connectivity index (χ4v) is 4.31. The standard InChI is InChI=1S/C29H28FNO5/c1-19-5-3-6-20(17-19)18-36-24-13-9-22(10-14-24)27(32)25-26(21-7-11-23(30)12-8-21)31(15-4-16-35-2)29(34)28(25)33/h3,5-14,17,26,32H,4,15-16,18H2,1-2H3/b27-25-. The summed E-state index contributed by atoms with van der Waals surface area (Å²) in [7, 11) is 1.56. The van der Waals surface area contributed by atoms with Crippen LogP contribution in [0.4, 0.5) is 4.39 Å². The molecule has 1 amide bonds. The fourth-order valence-electron chi connectivity index (χ4n) is 4.31. The molecule has 36 heavy (non-hydrogen) atoms. The van der Waals surface area contributed by atoms with E-state index >= 15 is 0 Å². The molecule has 1 N–H and O–H groups in total. The van der Waals surface area contributed by atoms with E-state index in [1.54, 1.807) is 31.4 Å². The van der Waals surface area contributed by atoms with Crippen molar-refractivity contribution >= 4 is 17.4 Å². The number of hydrogen-bond acceptors (Lipinski definition) is 5. The van der Waals surface area contributed by atoms with E-state index in [0.29, 0.717) is 36.5 Å². The normalized spacial score (nSPS) is 17.0. The van der Waals surface area contributed by atoms with Crippen molar-refractivity contribution in [3.05, 3.63) is 106 Å². The molecule has 0 saturated carbocycles. The Bertz CT molecular complexity index is 1270. The molecule has 0 spiro atoms. The van der Waals surface area contributed by atoms with Crippen molar-refractivity contribution in [2.24, 2.45) is 0 Å². The van der Waals surface area contributed by atoms with Crippen molar-refractivity contribution in [1.29, 1.82) is 0 Å². The molecule has 1 atom stereocenters. The molecule has 1 aliphatic heterocycles. The van der Waals surface area contributed by atoms with Gasteiger partial charge >= 0.3 is 0 Å². The number of ketones is 1. The van der Waals surface area contributed by atoms with Crippen LogP contribution in [0.1, 0.15) is 34.7 Å². The van der Waals surface area contributed by atoms with E-state index in [-0.39, 0.29) is 17.9 Å². The molecule has 0 aromatic heterocycles. The highest BCUT2D eigenvalue weighted by Gasteiger charge is 2.45. The topological polar surface area (TPSA) is 76.1 Å². The molecule has 6 nitrogen and oxygen atoms in total. The number of carbonyl (C=O) groups excluding carboxylic acids is 2. The molecule has 1 saturated heterocycles. The zero-order chi connectivity index (χ0) is 25.7. The Hall–Kier alpha value is -3.97. The van der Waals surface area contributed by atoms with Gasteiger partial charge in [-0.2, -0.15) is 0 Å². The highest BCUT2D eigenvalue weighted by atomic mass is 19.1. The molecule has 186 valence electrons. The first-order chi connectivity index (χ1) is 17.4. The number of carbonyl (C=O) groups is 2. The number of hydrogen-bond donors (Lipinski definition) is 1. The van der Waals surface area contributed by atoms with Gasteiger partial charge in [0.1, 0.15) is 23.9 Å². The molecule has 0 bridgehead atoms. The van der Waals surface area contributed by atoms with E-state index in [1.807, 2.05) is 31.2 Å². The Morgan fingerprint density at radius 3 is 2.42 bits per heavy atom. The molecule has 7 heteroatoms. The molecule has 3 aromatic carbocycles. The quantitative estimate of drug-likeness (QED) is 0.194. The highest BCUT2D eigenvalue weighted by molar-refractivity contribution is 6.46. The lowest BCUT2D eigenvalue weighted by Crippen LogP contribution is -2.31. The minimum absolute atomic E-state index is 0.0301. The van der Waals surface area contributed by atoms with Gasteiger partial charge in [-0.3, -0.25) is 9.59 Å². The van der Waals surface area contributed by atoms with Crippen molar-refractivity contribution < 1.29 is 28.6 Å². The number of benzene rings is 3. The molecule has 0 aliphatic carbocycles. The van der Waals surface area contributed by atoms with Crippen molar-refractivity contribution in [3.63, 3.8) is 0 Å². The van der Waals surface area contributed by atoms with Crippen LogP contribution in [0.15, 0.2) is 78.4 Å². The maximum atomic E-state index is 13.6. The molecular weight excluding hydrogens is 461 g/mol. The molecule has 1 fully saturated rings. The summed E-state index contributed by atoms with van der Waals surface area (Å²) in [5.41, 5.74) is 3.06. The first kappa shape index (κ1) is 25.1. The van der Waals surface area contributed by atoms with Crippen LogP contribution in [-0.2, 0) is 20.9 Å². The number of aryl methyl sites for hydroxylation is 1. The van der Waals surface area contributed by atoms with Gasteiger partial charge in [-0.15, -0.1) is 0 Å². The number of methoxy groups -OCH3 is 1. The van der Waals surface area contributed by atoms with Gasteiger partial charge < -0.3 is 19.5 Å². The second-order valence-corrected chi connectivity index (χ2v) is 8.69.